The van der Waals surface area contributed by atoms with Crippen LogP contribution in [0.15, 0.2) is 23.1 Å². The van der Waals surface area contributed by atoms with Gasteiger partial charge in [0.05, 0.1) is 0 Å². The molecule has 0 aromatic carbocycles. The monoisotopic (exact) mass is 264 g/mol. The standard InChI is InChI=1S/C13H16N2O4/c16-11(17)8-15(9-4-1-2-5-9)13(19)10-6-3-7-14-12(10)18/h3,6-7,9H,1-2,4-5,8H2,(H,14,18)(H,16,17). The Morgan fingerprint density at radius 1 is 1.37 bits per heavy atom. The molecule has 1 aliphatic rings. The Labute approximate surface area is 110 Å². The number of H-pyrrole nitrogens is 1. The number of pyridine rings is 1. The van der Waals surface area contributed by atoms with Gasteiger partial charge in [0, 0.05) is 12.2 Å². The highest BCUT2D eigenvalue weighted by atomic mass is 16.4. The average molecular weight is 264 g/mol. The maximum absolute atomic E-state index is 12.3. The zero-order valence-corrected chi connectivity index (χ0v) is 10.5. The van der Waals surface area contributed by atoms with Crippen LogP contribution in [0.2, 0.25) is 0 Å². The number of carbonyl (C=O) groups excluding carboxylic acids is 1. The second kappa shape index (κ2) is 5.69. The van der Waals surface area contributed by atoms with Gasteiger partial charge in [0.15, 0.2) is 0 Å². The summed E-state index contributed by atoms with van der Waals surface area (Å²) in [4.78, 5) is 38.6. The molecule has 6 heteroatoms. The quantitative estimate of drug-likeness (QED) is 0.843. The number of aliphatic carboxylic acids is 1. The second-order valence-electron chi connectivity index (χ2n) is 4.68. The molecule has 1 aromatic rings. The Bertz CT molecular complexity index is 531. The number of rotatable bonds is 4. The van der Waals surface area contributed by atoms with E-state index in [0.717, 1.165) is 25.7 Å². The van der Waals surface area contributed by atoms with Crippen LogP contribution in [-0.2, 0) is 4.79 Å². The Balaban J connectivity index is 2.27. The lowest BCUT2D eigenvalue weighted by Crippen LogP contribution is -2.44. The van der Waals surface area contributed by atoms with Crippen LogP contribution in [0.4, 0.5) is 0 Å². The minimum atomic E-state index is -1.06. The Hall–Kier alpha value is -2.11. The molecule has 0 aliphatic heterocycles. The third kappa shape index (κ3) is 3.01. The van der Waals surface area contributed by atoms with Crippen molar-refractivity contribution in [3.05, 3.63) is 34.2 Å². The number of hydrogen-bond acceptors (Lipinski definition) is 3. The summed E-state index contributed by atoms with van der Waals surface area (Å²) < 4.78 is 0. The van der Waals surface area contributed by atoms with Gasteiger partial charge >= 0.3 is 5.97 Å². The van der Waals surface area contributed by atoms with Gasteiger partial charge < -0.3 is 15.0 Å². The van der Waals surface area contributed by atoms with Crippen molar-refractivity contribution < 1.29 is 14.7 Å². The number of aromatic amines is 1. The highest BCUT2D eigenvalue weighted by molar-refractivity contribution is 5.95. The van der Waals surface area contributed by atoms with Crippen molar-refractivity contribution >= 4 is 11.9 Å². The first-order chi connectivity index (χ1) is 9.09. The maximum Gasteiger partial charge on any atom is 0.323 e. The van der Waals surface area contributed by atoms with E-state index >= 15 is 0 Å². The van der Waals surface area contributed by atoms with Crippen molar-refractivity contribution in [2.24, 2.45) is 0 Å². The highest BCUT2D eigenvalue weighted by Gasteiger charge is 2.30. The minimum absolute atomic E-state index is 0.00403. The number of nitrogens with zero attached hydrogens (tertiary/aromatic N) is 1. The normalized spacial score (nSPS) is 15.4. The van der Waals surface area contributed by atoms with Gasteiger partial charge in [-0.05, 0) is 25.0 Å². The summed E-state index contributed by atoms with van der Waals surface area (Å²) in [5, 5.41) is 8.93. The number of carboxylic acid groups (broad SMARTS) is 1. The summed E-state index contributed by atoms with van der Waals surface area (Å²) in [6, 6.07) is 2.90. The maximum atomic E-state index is 12.3. The fourth-order valence-electron chi connectivity index (χ4n) is 2.47. The van der Waals surface area contributed by atoms with Crippen LogP contribution in [0.5, 0.6) is 0 Å². The van der Waals surface area contributed by atoms with E-state index in [-0.39, 0.29) is 18.2 Å². The molecule has 0 unspecified atom stereocenters. The van der Waals surface area contributed by atoms with Crippen molar-refractivity contribution in [1.82, 2.24) is 9.88 Å². The van der Waals surface area contributed by atoms with Crippen LogP contribution in [0, 0.1) is 0 Å². The van der Waals surface area contributed by atoms with Gasteiger partial charge in [-0.15, -0.1) is 0 Å². The van der Waals surface area contributed by atoms with E-state index in [1.807, 2.05) is 0 Å². The molecule has 1 aliphatic carbocycles. The summed E-state index contributed by atoms with van der Waals surface area (Å²) in [5.74, 6) is -1.57. The molecule has 1 heterocycles. The number of nitrogens with one attached hydrogen (secondary N) is 1. The van der Waals surface area contributed by atoms with Gasteiger partial charge in [-0.3, -0.25) is 14.4 Å². The van der Waals surface area contributed by atoms with Crippen molar-refractivity contribution in [2.45, 2.75) is 31.7 Å². The molecule has 2 rings (SSSR count). The van der Waals surface area contributed by atoms with Crippen LogP contribution in [-0.4, -0.2) is 39.5 Å². The fourth-order valence-corrected chi connectivity index (χ4v) is 2.47. The SMILES string of the molecule is O=C(O)CN(C(=O)c1ccc[nH]c1=O)C1CCCC1. The van der Waals surface area contributed by atoms with E-state index in [2.05, 4.69) is 4.98 Å². The lowest BCUT2D eigenvalue weighted by molar-refractivity contribution is -0.138. The number of hydrogen-bond donors (Lipinski definition) is 2. The Morgan fingerprint density at radius 2 is 2.05 bits per heavy atom. The Kier molecular flexibility index (Phi) is 3.99. The second-order valence-corrected chi connectivity index (χ2v) is 4.68. The van der Waals surface area contributed by atoms with Gasteiger partial charge in [0.1, 0.15) is 12.1 Å². The molecule has 1 fully saturated rings. The van der Waals surface area contributed by atoms with Crippen LogP contribution in [0.1, 0.15) is 36.0 Å². The molecular formula is C13H16N2O4. The van der Waals surface area contributed by atoms with E-state index in [9.17, 15) is 14.4 Å². The molecule has 102 valence electrons. The number of aromatic nitrogens is 1. The fraction of sp³-hybridized carbons (Fsp3) is 0.462. The molecule has 2 N–H and O–H groups in total. The molecule has 1 amide bonds. The first kappa shape index (κ1) is 13.3. The van der Waals surface area contributed by atoms with Crippen molar-refractivity contribution in [2.75, 3.05) is 6.54 Å². The Morgan fingerprint density at radius 3 is 2.63 bits per heavy atom. The van der Waals surface area contributed by atoms with Gasteiger partial charge in [-0.1, -0.05) is 12.8 Å². The molecule has 19 heavy (non-hydrogen) atoms. The number of amides is 1. The van der Waals surface area contributed by atoms with Gasteiger partial charge in [-0.25, -0.2) is 0 Å². The summed E-state index contributed by atoms with van der Waals surface area (Å²) >= 11 is 0. The minimum Gasteiger partial charge on any atom is -0.480 e. The number of carboxylic acids is 1. The number of carbonyl (C=O) groups is 2. The van der Waals surface area contributed by atoms with Crippen LogP contribution < -0.4 is 5.56 Å². The smallest absolute Gasteiger partial charge is 0.323 e. The van der Waals surface area contributed by atoms with Crippen molar-refractivity contribution in [3.63, 3.8) is 0 Å². The molecule has 0 atom stereocenters. The van der Waals surface area contributed by atoms with E-state index in [1.165, 1.54) is 17.2 Å². The van der Waals surface area contributed by atoms with E-state index < -0.39 is 17.4 Å². The molecule has 1 saturated carbocycles. The van der Waals surface area contributed by atoms with Crippen LogP contribution in [0.3, 0.4) is 0 Å². The molecule has 1 aromatic heterocycles. The molecule has 0 saturated heterocycles. The third-order valence-electron chi connectivity index (χ3n) is 3.38. The summed E-state index contributed by atoms with van der Waals surface area (Å²) in [7, 11) is 0. The van der Waals surface area contributed by atoms with Crippen LogP contribution >= 0.6 is 0 Å². The first-order valence-corrected chi connectivity index (χ1v) is 6.30. The molecule has 0 radical (unpaired) electrons. The van der Waals surface area contributed by atoms with Gasteiger partial charge in [-0.2, -0.15) is 0 Å². The van der Waals surface area contributed by atoms with Crippen LogP contribution in [0.25, 0.3) is 0 Å². The summed E-state index contributed by atoms with van der Waals surface area (Å²) in [6.45, 7) is -0.363. The predicted octanol–water partition coefficient (Wildman–Crippen LogP) is 0.844. The lowest BCUT2D eigenvalue weighted by Gasteiger charge is -2.27. The zero-order chi connectivity index (χ0) is 13.8. The average Bonchev–Trinajstić information content (AvgIpc) is 2.89. The van der Waals surface area contributed by atoms with E-state index in [0.29, 0.717) is 0 Å². The lowest BCUT2D eigenvalue weighted by atomic mass is 10.1. The van der Waals surface area contributed by atoms with Gasteiger partial charge in [0.2, 0.25) is 0 Å². The topological polar surface area (TPSA) is 90.5 Å². The van der Waals surface area contributed by atoms with E-state index in [1.54, 1.807) is 6.07 Å². The molecule has 6 nitrogen and oxygen atoms in total. The van der Waals surface area contributed by atoms with Crippen molar-refractivity contribution in [1.29, 1.82) is 0 Å². The largest absolute Gasteiger partial charge is 0.480 e. The highest BCUT2D eigenvalue weighted by Crippen LogP contribution is 2.24. The predicted molar refractivity (Wildman–Crippen MR) is 68.0 cm³/mol. The van der Waals surface area contributed by atoms with Crippen molar-refractivity contribution in [3.8, 4) is 0 Å². The molecular weight excluding hydrogens is 248 g/mol. The summed E-state index contributed by atoms with van der Waals surface area (Å²) in [6.07, 6.45) is 5.00. The first-order valence-electron chi connectivity index (χ1n) is 6.30. The molecule has 0 bridgehead atoms. The zero-order valence-electron chi connectivity index (χ0n) is 10.5. The van der Waals surface area contributed by atoms with E-state index in [4.69, 9.17) is 5.11 Å². The summed E-state index contributed by atoms with van der Waals surface area (Å²) in [5.41, 5.74) is -0.489. The molecule has 0 spiro atoms. The third-order valence-corrected chi connectivity index (χ3v) is 3.38. The van der Waals surface area contributed by atoms with Gasteiger partial charge in [0.25, 0.3) is 11.5 Å².